The molecule has 1 aliphatic heterocycles. The largest absolute Gasteiger partial charge is 0.309 e. The topological polar surface area (TPSA) is 14.8 Å². The smallest absolute Gasteiger partial charge is 0.0582 e. The molecule has 0 radical (unpaired) electrons. The number of nitrogens with zero attached hydrogens (tertiary/aromatic N) is 3. The zero-order valence-corrected chi connectivity index (χ0v) is 33.9. The molecule has 0 amide bonds. The van der Waals surface area contributed by atoms with Gasteiger partial charge in [0.1, 0.15) is 0 Å². The van der Waals surface area contributed by atoms with E-state index < -0.39 is 0 Å². The molecule has 0 atom stereocenters. The van der Waals surface area contributed by atoms with Crippen molar-refractivity contribution < 1.29 is 0 Å². The van der Waals surface area contributed by atoms with Gasteiger partial charge in [0.2, 0.25) is 0 Å². The van der Waals surface area contributed by atoms with Crippen LogP contribution in [0.25, 0.3) is 93.6 Å². The molecular weight excluding hydrogens is 739 g/mol. The Morgan fingerprint density at radius 2 is 0.852 bits per heavy atom. The van der Waals surface area contributed by atoms with Gasteiger partial charge < -0.3 is 13.7 Å². The Balaban J connectivity index is 1.01. The van der Waals surface area contributed by atoms with Gasteiger partial charge in [0.15, 0.2) is 0 Å². The van der Waals surface area contributed by atoms with Crippen LogP contribution >= 0.6 is 0 Å². The second-order valence-corrected chi connectivity index (χ2v) is 18.9. The Labute approximate surface area is 354 Å². The first-order valence-electron chi connectivity index (χ1n) is 22.5. The summed E-state index contributed by atoms with van der Waals surface area (Å²) in [5.41, 5.74) is 17.3. The van der Waals surface area contributed by atoms with Crippen LogP contribution in [0, 0.1) is 23.7 Å². The summed E-state index contributed by atoms with van der Waals surface area (Å²) in [6.07, 6.45) is 6.90. The molecule has 4 aliphatic carbocycles. The van der Waals surface area contributed by atoms with Crippen LogP contribution in [-0.4, -0.2) is 13.7 Å². The van der Waals surface area contributed by atoms with Gasteiger partial charge in [0, 0.05) is 54.5 Å². The van der Waals surface area contributed by atoms with E-state index in [1.165, 1.54) is 126 Å². The van der Waals surface area contributed by atoms with Crippen molar-refractivity contribution in [3.8, 4) is 28.2 Å². The van der Waals surface area contributed by atoms with E-state index in [9.17, 15) is 0 Å². The molecule has 0 N–H and O–H groups in total. The third-order valence-electron chi connectivity index (χ3n) is 16.2. The van der Waals surface area contributed by atoms with Crippen LogP contribution in [0.3, 0.4) is 0 Å². The predicted molar refractivity (Wildman–Crippen MR) is 253 cm³/mol. The third kappa shape index (κ3) is 4.06. The fourth-order valence-electron chi connectivity index (χ4n) is 14.3. The molecule has 61 heavy (non-hydrogen) atoms. The van der Waals surface area contributed by atoms with Gasteiger partial charge in [-0.25, -0.2) is 0 Å². The Kier molecular flexibility index (Phi) is 6.32. The minimum atomic E-state index is 0.0215. The van der Waals surface area contributed by atoms with Crippen molar-refractivity contribution in [1.29, 1.82) is 0 Å². The molecule has 5 aliphatic rings. The lowest BCUT2D eigenvalue weighted by Crippen LogP contribution is -2.57. The van der Waals surface area contributed by atoms with Gasteiger partial charge in [0.05, 0.1) is 44.5 Å². The molecule has 3 nitrogen and oxygen atoms in total. The zero-order valence-electron chi connectivity index (χ0n) is 33.9. The maximum Gasteiger partial charge on any atom is 0.0582 e. The highest BCUT2D eigenvalue weighted by molar-refractivity contribution is 6.14. The molecule has 4 fully saturated rings. The van der Waals surface area contributed by atoms with Gasteiger partial charge in [-0.1, -0.05) is 127 Å². The third-order valence-corrected chi connectivity index (χ3v) is 16.2. The van der Waals surface area contributed by atoms with Crippen LogP contribution in [0.2, 0.25) is 0 Å². The van der Waals surface area contributed by atoms with Crippen molar-refractivity contribution in [2.45, 2.75) is 37.5 Å². The number of rotatable bonds is 3. The molecule has 11 aromatic rings. The summed E-state index contributed by atoms with van der Waals surface area (Å²) >= 11 is 0. The summed E-state index contributed by atoms with van der Waals surface area (Å²) in [5, 5.41) is 7.86. The normalized spacial score (nSPS) is 22.5. The lowest BCUT2D eigenvalue weighted by atomic mass is 9.41. The molecule has 4 saturated carbocycles. The zero-order chi connectivity index (χ0) is 39.6. The number of aromatic nitrogens is 3. The Hall–Kier alpha value is -6.84. The van der Waals surface area contributed by atoms with Gasteiger partial charge in [-0.2, -0.15) is 0 Å². The number of hydrogen-bond acceptors (Lipinski definition) is 0. The van der Waals surface area contributed by atoms with E-state index in [4.69, 9.17) is 0 Å². The second kappa shape index (κ2) is 11.7. The van der Waals surface area contributed by atoms with Crippen molar-refractivity contribution in [3.63, 3.8) is 0 Å². The average Bonchev–Trinajstić information content (AvgIpc) is 3.95. The molecule has 3 heteroatoms. The van der Waals surface area contributed by atoms with Gasteiger partial charge in [0.25, 0.3) is 0 Å². The van der Waals surface area contributed by atoms with Crippen LogP contribution in [0.5, 0.6) is 0 Å². The van der Waals surface area contributed by atoms with Gasteiger partial charge in [-0.15, -0.1) is 0 Å². The molecule has 4 heterocycles. The lowest BCUT2D eigenvalue weighted by Gasteiger charge is -2.63. The SMILES string of the molecule is c1ccc(-n2c3ccccc3c3cc(-n4c5ccccc5c5ccccc54)ccc32)c(-c2cccc3c2-n2c4ccccc4c4cccc(c42)C32C3CC4CC(C3)CC2C4)c1. The maximum atomic E-state index is 2.70. The molecule has 4 bridgehead atoms. The van der Waals surface area contributed by atoms with Crippen LogP contribution < -0.4 is 0 Å². The van der Waals surface area contributed by atoms with Gasteiger partial charge in [-0.3, -0.25) is 0 Å². The summed E-state index contributed by atoms with van der Waals surface area (Å²) < 4.78 is 7.69. The van der Waals surface area contributed by atoms with Crippen LogP contribution in [0.4, 0.5) is 0 Å². The molecule has 3 aromatic heterocycles. The Bertz CT molecular complexity index is 3600. The minimum absolute atomic E-state index is 0.0215. The van der Waals surface area contributed by atoms with Crippen molar-refractivity contribution >= 4 is 65.4 Å². The fraction of sp³-hybridized carbons (Fsp3) is 0.172. The predicted octanol–water partition coefficient (Wildman–Crippen LogP) is 14.7. The highest BCUT2D eigenvalue weighted by atomic mass is 15.0. The van der Waals surface area contributed by atoms with E-state index in [2.05, 4.69) is 190 Å². The molecule has 8 aromatic carbocycles. The number of hydrogen-bond donors (Lipinski definition) is 0. The maximum absolute atomic E-state index is 2.70. The van der Waals surface area contributed by atoms with E-state index in [1.807, 2.05) is 0 Å². The first-order chi connectivity index (χ1) is 30.3. The number of para-hydroxylation sites is 7. The molecule has 16 rings (SSSR count). The van der Waals surface area contributed by atoms with Crippen LogP contribution in [0.15, 0.2) is 176 Å². The summed E-state index contributed by atoms with van der Waals surface area (Å²) in [7, 11) is 0. The van der Waals surface area contributed by atoms with E-state index in [0.29, 0.717) is 11.8 Å². The van der Waals surface area contributed by atoms with Crippen molar-refractivity contribution in [1.82, 2.24) is 13.7 Å². The molecule has 0 unspecified atom stereocenters. The van der Waals surface area contributed by atoms with E-state index >= 15 is 0 Å². The summed E-state index contributed by atoms with van der Waals surface area (Å²) in [5.74, 6) is 3.12. The standard InChI is InChI=1S/C58H43N3/c1-6-22-50-40(13-1)41-14-2-7-23-51(41)59(50)39-27-28-55-47(34-39)44-17-5-9-25-53(44)60(55)52-24-8-3-15-42(52)45-18-11-20-48-56(45)61-54-26-10-4-16-43(54)46-19-12-21-49(57(46)61)58(48)37-30-35-29-36(32-37)33-38(58)31-35/h1-28,34-38H,29-33H2. The Morgan fingerprint density at radius 3 is 1.54 bits per heavy atom. The first-order valence-corrected chi connectivity index (χ1v) is 22.5. The lowest BCUT2D eigenvalue weighted by molar-refractivity contribution is -0.0418. The summed E-state index contributed by atoms with van der Waals surface area (Å²) in [6.45, 7) is 0. The molecular formula is C58H43N3. The number of fused-ring (bicyclic) bond motifs is 11. The van der Waals surface area contributed by atoms with E-state index in [0.717, 1.165) is 11.8 Å². The van der Waals surface area contributed by atoms with Crippen molar-refractivity contribution in [2.24, 2.45) is 23.7 Å². The quantitative estimate of drug-likeness (QED) is 0.170. The second-order valence-electron chi connectivity index (χ2n) is 18.9. The van der Waals surface area contributed by atoms with Crippen LogP contribution in [-0.2, 0) is 5.41 Å². The first kappa shape index (κ1) is 32.9. The van der Waals surface area contributed by atoms with Gasteiger partial charge >= 0.3 is 0 Å². The summed E-state index contributed by atoms with van der Waals surface area (Å²) in [6, 6.07) is 66.9. The van der Waals surface area contributed by atoms with Crippen molar-refractivity contribution in [2.75, 3.05) is 0 Å². The van der Waals surface area contributed by atoms with Gasteiger partial charge in [-0.05, 0) is 115 Å². The minimum Gasteiger partial charge on any atom is -0.309 e. The molecule has 0 saturated heterocycles. The highest BCUT2D eigenvalue weighted by Crippen LogP contribution is 2.68. The molecule has 1 spiro atoms. The van der Waals surface area contributed by atoms with Crippen LogP contribution in [0.1, 0.15) is 43.2 Å². The number of benzene rings is 8. The highest BCUT2D eigenvalue weighted by Gasteiger charge is 2.61. The van der Waals surface area contributed by atoms with E-state index in [-0.39, 0.29) is 5.41 Å². The molecule has 290 valence electrons. The Morgan fingerprint density at radius 1 is 0.361 bits per heavy atom. The fourth-order valence-corrected chi connectivity index (χ4v) is 14.3. The monoisotopic (exact) mass is 781 g/mol. The summed E-state index contributed by atoms with van der Waals surface area (Å²) in [4.78, 5) is 0. The van der Waals surface area contributed by atoms with Crippen molar-refractivity contribution in [3.05, 3.63) is 187 Å². The van der Waals surface area contributed by atoms with E-state index in [1.54, 1.807) is 11.1 Å². The average molecular weight is 782 g/mol.